The van der Waals surface area contributed by atoms with Crippen molar-refractivity contribution in [2.24, 2.45) is 0 Å². The van der Waals surface area contributed by atoms with Crippen LogP contribution in [0.25, 0.3) is 64.8 Å². The van der Waals surface area contributed by atoms with Gasteiger partial charge in [-0.15, -0.1) is 0 Å². The molecule has 29 heavy (non-hydrogen) atoms. The lowest BCUT2D eigenvalue weighted by atomic mass is 9.85. The van der Waals surface area contributed by atoms with E-state index < -0.39 is 0 Å². The molecule has 7 rings (SSSR count). The first kappa shape index (κ1) is 15.1. The number of methoxy groups -OCH3 is 1. The van der Waals surface area contributed by atoms with E-state index in [1.54, 1.807) is 7.11 Å². The fourth-order valence-electron chi connectivity index (χ4n) is 5.15. The van der Waals surface area contributed by atoms with Crippen LogP contribution in [0.5, 0.6) is 5.75 Å². The fourth-order valence-corrected chi connectivity index (χ4v) is 5.15. The van der Waals surface area contributed by atoms with Crippen LogP contribution in [0.15, 0.2) is 75.9 Å². The van der Waals surface area contributed by atoms with Gasteiger partial charge in [-0.2, -0.15) is 0 Å². The highest BCUT2D eigenvalue weighted by molar-refractivity contribution is 6.43. The molecule has 1 heterocycles. The van der Waals surface area contributed by atoms with E-state index in [4.69, 9.17) is 9.15 Å². The molecule has 0 aliphatic heterocycles. The molecule has 3 nitrogen and oxygen atoms in total. The minimum Gasteiger partial charge on any atom is -0.497 e. The molecule has 0 amide bonds. The maximum absolute atomic E-state index is 13.2. The van der Waals surface area contributed by atoms with Crippen LogP contribution in [0.4, 0.5) is 0 Å². The van der Waals surface area contributed by atoms with Gasteiger partial charge in [-0.1, -0.05) is 42.5 Å². The Hall–Kier alpha value is -3.85. The van der Waals surface area contributed by atoms with Crippen LogP contribution in [0.2, 0.25) is 0 Å². The summed E-state index contributed by atoms with van der Waals surface area (Å²) < 4.78 is 11.3. The third-order valence-electron chi connectivity index (χ3n) is 6.31. The number of hydrogen-bond acceptors (Lipinski definition) is 3. The number of benzene rings is 6. The Balaban J connectivity index is 2.00. The molecule has 0 atom stereocenters. The molecule has 0 saturated heterocycles. The number of fused-ring (bicyclic) bond motifs is 4. The van der Waals surface area contributed by atoms with Gasteiger partial charge in [0.25, 0.3) is 0 Å². The summed E-state index contributed by atoms with van der Waals surface area (Å²) in [5.41, 5.74) is 0.346. The molecule has 136 valence electrons. The molecule has 6 aromatic carbocycles. The Morgan fingerprint density at radius 3 is 2.24 bits per heavy atom. The van der Waals surface area contributed by atoms with Crippen molar-refractivity contribution < 1.29 is 9.15 Å². The average molecular weight is 374 g/mol. The molecular formula is C26H14O3. The number of ether oxygens (including phenoxy) is 1. The fraction of sp³-hybridized carbons (Fsp3) is 0.0385. The van der Waals surface area contributed by atoms with Crippen molar-refractivity contribution in [3.8, 4) is 5.75 Å². The predicted octanol–water partition coefficient (Wildman–Crippen LogP) is 6.44. The second-order valence-electron chi connectivity index (χ2n) is 7.62. The van der Waals surface area contributed by atoms with Crippen LogP contribution < -0.4 is 10.4 Å². The van der Waals surface area contributed by atoms with Crippen molar-refractivity contribution in [2.75, 3.05) is 7.11 Å². The van der Waals surface area contributed by atoms with E-state index in [0.717, 1.165) is 43.5 Å². The predicted molar refractivity (Wildman–Crippen MR) is 119 cm³/mol. The molecule has 0 fully saturated rings. The van der Waals surface area contributed by atoms with Crippen LogP contribution in [0.1, 0.15) is 0 Å². The summed E-state index contributed by atoms with van der Waals surface area (Å²) in [6.07, 6.45) is 0. The first-order chi connectivity index (χ1) is 14.3. The van der Waals surface area contributed by atoms with Gasteiger partial charge in [0.2, 0.25) is 0 Å². The second kappa shape index (κ2) is 4.95. The third kappa shape index (κ3) is 1.67. The number of rotatable bonds is 1. The lowest BCUT2D eigenvalue weighted by Crippen LogP contribution is -2.03. The molecule has 3 heteroatoms. The smallest absolute Gasteiger partial charge is 0.344 e. The highest BCUT2D eigenvalue weighted by Crippen LogP contribution is 2.47. The van der Waals surface area contributed by atoms with Crippen LogP contribution in [-0.4, -0.2) is 7.11 Å². The monoisotopic (exact) mass is 374 g/mol. The van der Waals surface area contributed by atoms with Crippen LogP contribution in [0.3, 0.4) is 0 Å². The van der Waals surface area contributed by atoms with Gasteiger partial charge in [0.05, 0.1) is 12.5 Å². The summed E-state index contributed by atoms with van der Waals surface area (Å²) >= 11 is 0. The van der Waals surface area contributed by atoms with E-state index in [9.17, 15) is 4.79 Å². The Labute approximate surface area is 164 Å². The zero-order chi connectivity index (χ0) is 19.3. The van der Waals surface area contributed by atoms with Gasteiger partial charge in [-0.3, -0.25) is 0 Å². The standard InChI is InChI=1S/C26H14O3/c1-28-14-9-11-18-19(12-14)17-10-8-13-4-2-5-15-16-6-3-7-20-22(16)25(23(17)21(13)15)24(18)26(27)29-20/h2-12H,1H3. The van der Waals surface area contributed by atoms with Crippen molar-refractivity contribution in [3.63, 3.8) is 0 Å². The van der Waals surface area contributed by atoms with Gasteiger partial charge in [0.15, 0.2) is 0 Å². The van der Waals surface area contributed by atoms with Crippen molar-refractivity contribution in [1.82, 2.24) is 0 Å². The summed E-state index contributed by atoms with van der Waals surface area (Å²) in [6, 6.07) is 22.6. The minimum atomic E-state index is -0.293. The van der Waals surface area contributed by atoms with Crippen molar-refractivity contribution >= 4 is 64.8 Å². The normalized spacial score (nSPS) is 12.4. The molecule has 0 unspecified atom stereocenters. The first-order valence-corrected chi connectivity index (χ1v) is 9.61. The van der Waals surface area contributed by atoms with E-state index in [1.165, 1.54) is 16.2 Å². The molecule has 7 aromatic rings. The maximum atomic E-state index is 13.2. The minimum absolute atomic E-state index is 0.293. The zero-order valence-electron chi connectivity index (χ0n) is 15.6. The summed E-state index contributed by atoms with van der Waals surface area (Å²) in [5, 5.41) is 11.5. The maximum Gasteiger partial charge on any atom is 0.344 e. The topological polar surface area (TPSA) is 39.4 Å². The Morgan fingerprint density at radius 2 is 1.38 bits per heavy atom. The zero-order valence-corrected chi connectivity index (χ0v) is 15.6. The van der Waals surface area contributed by atoms with E-state index in [-0.39, 0.29) is 5.63 Å². The van der Waals surface area contributed by atoms with Gasteiger partial charge in [0.1, 0.15) is 11.3 Å². The van der Waals surface area contributed by atoms with Gasteiger partial charge >= 0.3 is 5.63 Å². The van der Waals surface area contributed by atoms with Gasteiger partial charge in [-0.25, -0.2) is 4.79 Å². The summed E-state index contributed by atoms with van der Waals surface area (Å²) in [4.78, 5) is 13.2. The molecule has 0 N–H and O–H groups in total. The summed E-state index contributed by atoms with van der Waals surface area (Å²) in [7, 11) is 1.66. The lowest BCUT2D eigenvalue weighted by Gasteiger charge is -2.19. The van der Waals surface area contributed by atoms with E-state index in [1.807, 2.05) is 30.3 Å². The largest absolute Gasteiger partial charge is 0.497 e. The van der Waals surface area contributed by atoms with Crippen LogP contribution >= 0.6 is 0 Å². The molecule has 0 radical (unpaired) electrons. The highest BCUT2D eigenvalue weighted by Gasteiger charge is 2.22. The molecule has 1 aromatic heterocycles. The first-order valence-electron chi connectivity index (χ1n) is 9.61. The van der Waals surface area contributed by atoms with E-state index >= 15 is 0 Å². The highest BCUT2D eigenvalue weighted by atomic mass is 16.5. The Kier molecular flexibility index (Phi) is 2.58. The van der Waals surface area contributed by atoms with Crippen molar-refractivity contribution in [1.29, 1.82) is 0 Å². The summed E-state index contributed by atoms with van der Waals surface area (Å²) in [5.74, 6) is 0.773. The van der Waals surface area contributed by atoms with E-state index in [2.05, 4.69) is 36.4 Å². The molecular weight excluding hydrogens is 360 g/mol. The summed E-state index contributed by atoms with van der Waals surface area (Å²) in [6.45, 7) is 0. The number of hydrogen-bond donors (Lipinski definition) is 0. The molecule has 0 bridgehead atoms. The molecule has 0 saturated carbocycles. The molecule has 0 spiro atoms. The SMILES string of the molecule is COc1ccc2c(c1)c1ccc3cccc4c5cccc6oc(=O)c2c(c65)c1c34. The Morgan fingerprint density at radius 1 is 0.655 bits per heavy atom. The third-order valence-corrected chi connectivity index (χ3v) is 6.31. The van der Waals surface area contributed by atoms with Crippen molar-refractivity contribution in [3.05, 3.63) is 77.2 Å². The van der Waals surface area contributed by atoms with Gasteiger partial charge in [0, 0.05) is 10.8 Å². The Bertz CT molecular complexity index is 1810. The van der Waals surface area contributed by atoms with Crippen molar-refractivity contribution in [2.45, 2.75) is 0 Å². The lowest BCUT2D eigenvalue weighted by molar-refractivity contribution is 0.415. The van der Waals surface area contributed by atoms with E-state index in [0.29, 0.717) is 11.0 Å². The van der Waals surface area contributed by atoms with Gasteiger partial charge in [-0.05, 0) is 67.4 Å². The van der Waals surface area contributed by atoms with Crippen LogP contribution in [0, 0.1) is 0 Å². The molecule has 0 aliphatic rings. The quantitative estimate of drug-likeness (QED) is 0.188. The second-order valence-corrected chi connectivity index (χ2v) is 7.62. The molecule has 0 aliphatic carbocycles. The van der Waals surface area contributed by atoms with Gasteiger partial charge < -0.3 is 9.15 Å². The average Bonchev–Trinajstić information content (AvgIpc) is 2.76. The van der Waals surface area contributed by atoms with Crippen LogP contribution in [-0.2, 0) is 0 Å².